The predicted octanol–water partition coefficient (Wildman–Crippen LogP) is 2.36. The Morgan fingerprint density at radius 3 is 2.48 bits per heavy atom. The molecule has 0 bridgehead atoms. The van der Waals surface area contributed by atoms with E-state index < -0.39 is 18.4 Å². The first-order valence-electron chi connectivity index (χ1n) is 7.91. The van der Waals surface area contributed by atoms with E-state index >= 15 is 0 Å². The summed E-state index contributed by atoms with van der Waals surface area (Å²) in [6.45, 7) is 1.26. The van der Waals surface area contributed by atoms with Crippen molar-refractivity contribution >= 4 is 40.7 Å². The van der Waals surface area contributed by atoms with E-state index in [2.05, 4.69) is 15.6 Å². The summed E-state index contributed by atoms with van der Waals surface area (Å²) in [5.74, 6) is -2.01. The zero-order chi connectivity index (χ0) is 19.6. The fraction of sp³-hybridized carbons (Fsp3) is 0.111. The largest absolute Gasteiger partial charge is 0.480 e. The van der Waals surface area contributed by atoms with Crippen LogP contribution in [0.25, 0.3) is 5.65 Å². The number of amides is 2. The molecule has 0 aliphatic carbocycles. The van der Waals surface area contributed by atoms with Crippen LogP contribution in [0.3, 0.4) is 0 Å². The first kappa shape index (κ1) is 18.4. The van der Waals surface area contributed by atoms with Gasteiger partial charge >= 0.3 is 5.97 Å². The lowest BCUT2D eigenvalue weighted by molar-refractivity contribution is -0.135. The van der Waals surface area contributed by atoms with Crippen molar-refractivity contribution in [3.05, 3.63) is 64.6 Å². The monoisotopic (exact) mass is 386 g/mol. The van der Waals surface area contributed by atoms with Crippen LogP contribution in [-0.4, -0.2) is 38.8 Å². The summed E-state index contributed by atoms with van der Waals surface area (Å²) in [7, 11) is 0. The molecule has 2 heterocycles. The fourth-order valence-electron chi connectivity index (χ4n) is 2.56. The smallest absolute Gasteiger partial charge is 0.322 e. The van der Waals surface area contributed by atoms with Gasteiger partial charge in [-0.2, -0.15) is 0 Å². The molecule has 3 N–H and O–H groups in total. The van der Waals surface area contributed by atoms with Gasteiger partial charge in [0, 0.05) is 17.4 Å². The number of anilines is 1. The number of carboxylic acid groups (broad SMARTS) is 1. The third kappa shape index (κ3) is 4.06. The van der Waals surface area contributed by atoms with Crippen LogP contribution in [0.15, 0.2) is 42.6 Å². The third-order valence-corrected chi connectivity index (χ3v) is 4.00. The normalized spacial score (nSPS) is 10.6. The number of carbonyl (C=O) groups excluding carboxylic acids is 2. The summed E-state index contributed by atoms with van der Waals surface area (Å²) in [5, 5.41) is 14.1. The van der Waals surface area contributed by atoms with Gasteiger partial charge in [-0.25, -0.2) is 4.98 Å². The molecule has 0 aliphatic heterocycles. The second-order valence-corrected chi connectivity index (χ2v) is 6.17. The van der Waals surface area contributed by atoms with E-state index in [-0.39, 0.29) is 11.5 Å². The highest BCUT2D eigenvalue weighted by molar-refractivity contribution is 6.30. The maximum Gasteiger partial charge on any atom is 0.322 e. The van der Waals surface area contributed by atoms with E-state index in [9.17, 15) is 14.4 Å². The van der Waals surface area contributed by atoms with Crippen LogP contribution < -0.4 is 10.6 Å². The van der Waals surface area contributed by atoms with Gasteiger partial charge < -0.3 is 15.7 Å². The highest BCUT2D eigenvalue weighted by Crippen LogP contribution is 2.18. The molecule has 0 aliphatic rings. The summed E-state index contributed by atoms with van der Waals surface area (Å²) >= 11 is 6.00. The lowest BCUT2D eigenvalue weighted by Crippen LogP contribution is -2.29. The van der Waals surface area contributed by atoms with Gasteiger partial charge in [0.2, 0.25) is 0 Å². The Kier molecular flexibility index (Phi) is 5.09. The molecule has 0 saturated carbocycles. The summed E-state index contributed by atoms with van der Waals surface area (Å²) in [4.78, 5) is 39.3. The maximum absolute atomic E-state index is 12.7. The average Bonchev–Trinajstić information content (AvgIpc) is 2.95. The van der Waals surface area contributed by atoms with E-state index in [4.69, 9.17) is 16.7 Å². The fourth-order valence-corrected chi connectivity index (χ4v) is 2.72. The zero-order valence-corrected chi connectivity index (χ0v) is 14.9. The number of aryl methyl sites for hydroxylation is 1. The molecule has 0 atom stereocenters. The van der Waals surface area contributed by atoms with Crippen molar-refractivity contribution < 1.29 is 19.5 Å². The first-order valence-corrected chi connectivity index (χ1v) is 8.28. The van der Waals surface area contributed by atoms with Crippen molar-refractivity contribution in [2.75, 3.05) is 11.9 Å². The number of hydrogen-bond acceptors (Lipinski definition) is 4. The van der Waals surface area contributed by atoms with Gasteiger partial charge in [-0.1, -0.05) is 11.6 Å². The molecule has 3 aromatic rings. The van der Waals surface area contributed by atoms with Crippen molar-refractivity contribution in [1.82, 2.24) is 14.7 Å². The molecule has 0 radical (unpaired) electrons. The van der Waals surface area contributed by atoms with Crippen LogP contribution in [0, 0.1) is 6.92 Å². The Balaban J connectivity index is 1.77. The van der Waals surface area contributed by atoms with Crippen molar-refractivity contribution in [1.29, 1.82) is 0 Å². The lowest BCUT2D eigenvalue weighted by atomic mass is 10.2. The highest BCUT2D eigenvalue weighted by atomic mass is 35.5. The molecule has 8 nitrogen and oxygen atoms in total. The van der Waals surface area contributed by atoms with Crippen molar-refractivity contribution in [3.63, 3.8) is 0 Å². The quantitative estimate of drug-likeness (QED) is 0.623. The van der Waals surface area contributed by atoms with E-state index in [0.29, 0.717) is 27.7 Å². The molecular weight excluding hydrogens is 372 g/mol. The molecule has 0 fully saturated rings. The van der Waals surface area contributed by atoms with Crippen molar-refractivity contribution in [2.45, 2.75) is 6.92 Å². The van der Waals surface area contributed by atoms with Crippen LogP contribution in [0.1, 0.15) is 26.5 Å². The Morgan fingerprint density at radius 1 is 1.11 bits per heavy atom. The molecule has 0 spiro atoms. The summed E-state index contributed by atoms with van der Waals surface area (Å²) < 4.78 is 1.61. The van der Waals surface area contributed by atoms with E-state index in [1.807, 2.05) is 0 Å². The van der Waals surface area contributed by atoms with Crippen LogP contribution in [0.2, 0.25) is 5.02 Å². The minimum Gasteiger partial charge on any atom is -0.480 e. The molecule has 0 unspecified atom stereocenters. The summed E-state index contributed by atoms with van der Waals surface area (Å²) in [6.07, 6.45) is 1.61. The van der Waals surface area contributed by atoms with Crippen LogP contribution >= 0.6 is 11.6 Å². The Hall–Kier alpha value is -3.39. The van der Waals surface area contributed by atoms with Gasteiger partial charge in [0.25, 0.3) is 11.8 Å². The molecule has 27 heavy (non-hydrogen) atoms. The number of aliphatic carboxylic acids is 1. The molecule has 2 aromatic heterocycles. The minimum atomic E-state index is -1.13. The molecule has 1 aromatic carbocycles. The molecule has 2 amide bonds. The number of fused-ring (bicyclic) bond motifs is 1. The van der Waals surface area contributed by atoms with Crippen molar-refractivity contribution in [2.24, 2.45) is 0 Å². The number of aromatic nitrogens is 2. The van der Waals surface area contributed by atoms with Gasteiger partial charge in [-0.15, -0.1) is 0 Å². The van der Waals surface area contributed by atoms with Gasteiger partial charge in [0.15, 0.2) is 0 Å². The topological polar surface area (TPSA) is 113 Å². The molecule has 0 saturated heterocycles. The maximum atomic E-state index is 12.7. The van der Waals surface area contributed by atoms with Gasteiger partial charge in [-0.05, 0) is 43.3 Å². The standard InChI is InChI=1S/C18H15ClN4O4/c1-10-16(23-9-12(19)4-7-14(23)21-10)18(27)22-13-5-2-11(3-6-13)17(26)20-8-15(24)25/h2-7,9H,8H2,1H3,(H,20,26)(H,22,27)(H,24,25). The zero-order valence-electron chi connectivity index (χ0n) is 14.2. The number of hydrogen-bond donors (Lipinski definition) is 3. The Bertz CT molecular complexity index is 1040. The Labute approximate surface area is 158 Å². The number of halogens is 1. The molecule has 138 valence electrons. The average molecular weight is 387 g/mol. The molecule has 3 rings (SSSR count). The van der Waals surface area contributed by atoms with E-state index in [0.717, 1.165) is 0 Å². The van der Waals surface area contributed by atoms with Crippen LogP contribution in [0.4, 0.5) is 5.69 Å². The number of carboxylic acids is 1. The minimum absolute atomic E-state index is 0.284. The van der Waals surface area contributed by atoms with E-state index in [1.165, 1.54) is 12.1 Å². The SMILES string of the molecule is Cc1nc2ccc(Cl)cn2c1C(=O)Nc1ccc(C(=O)NCC(=O)O)cc1. The number of rotatable bonds is 5. The first-order chi connectivity index (χ1) is 12.8. The summed E-state index contributed by atoms with van der Waals surface area (Å²) in [5.41, 5.74) is 2.28. The van der Waals surface area contributed by atoms with Crippen LogP contribution in [-0.2, 0) is 4.79 Å². The van der Waals surface area contributed by atoms with Gasteiger partial charge in [0.05, 0.1) is 10.7 Å². The number of nitrogens with zero attached hydrogens (tertiary/aromatic N) is 2. The van der Waals surface area contributed by atoms with E-state index in [1.54, 1.807) is 41.8 Å². The second kappa shape index (κ2) is 7.46. The van der Waals surface area contributed by atoms with Crippen molar-refractivity contribution in [3.8, 4) is 0 Å². The molecule has 9 heteroatoms. The van der Waals surface area contributed by atoms with Gasteiger partial charge in [0.1, 0.15) is 17.9 Å². The third-order valence-electron chi connectivity index (χ3n) is 3.78. The highest BCUT2D eigenvalue weighted by Gasteiger charge is 2.17. The number of imidazole rings is 1. The number of nitrogens with one attached hydrogen (secondary N) is 2. The number of pyridine rings is 1. The lowest BCUT2D eigenvalue weighted by Gasteiger charge is -2.08. The Morgan fingerprint density at radius 2 is 1.81 bits per heavy atom. The number of benzene rings is 1. The molecular formula is C18H15ClN4O4. The predicted molar refractivity (Wildman–Crippen MR) is 99.3 cm³/mol. The second-order valence-electron chi connectivity index (χ2n) is 5.73. The van der Waals surface area contributed by atoms with Crippen LogP contribution in [0.5, 0.6) is 0 Å². The van der Waals surface area contributed by atoms with Gasteiger partial charge in [-0.3, -0.25) is 18.8 Å². The summed E-state index contributed by atoms with van der Waals surface area (Å²) in [6, 6.07) is 9.50. The number of carbonyl (C=O) groups is 3.